The third-order valence-electron chi connectivity index (χ3n) is 4.19. The fourth-order valence-corrected chi connectivity index (χ4v) is 3.17. The van der Waals surface area contributed by atoms with Crippen LogP contribution in [-0.4, -0.2) is 34.6 Å². The maximum Gasteiger partial charge on any atom is 0.0794 e. The Hall–Kier alpha value is -0.380. The molecule has 17 heavy (non-hydrogen) atoms. The molecule has 0 aromatic heterocycles. The lowest BCUT2D eigenvalue weighted by atomic mass is 9.74. The Morgan fingerprint density at radius 3 is 2.82 bits per heavy atom. The van der Waals surface area contributed by atoms with Gasteiger partial charge in [-0.2, -0.15) is 0 Å². The molecule has 98 valence electrons. The van der Waals surface area contributed by atoms with E-state index < -0.39 is 0 Å². The molecule has 3 heteroatoms. The second-order valence-electron chi connectivity index (χ2n) is 5.85. The summed E-state index contributed by atoms with van der Waals surface area (Å²) >= 11 is 0. The van der Waals surface area contributed by atoms with Gasteiger partial charge >= 0.3 is 0 Å². The summed E-state index contributed by atoms with van der Waals surface area (Å²) in [5, 5.41) is 19.3. The first-order valence-corrected chi connectivity index (χ1v) is 6.67. The van der Waals surface area contributed by atoms with E-state index in [0.29, 0.717) is 18.3 Å². The van der Waals surface area contributed by atoms with Crippen molar-refractivity contribution in [1.82, 2.24) is 0 Å². The molecule has 0 aromatic carbocycles. The first kappa shape index (κ1) is 13.1. The molecule has 1 heterocycles. The number of hydrogen-bond acceptors (Lipinski definition) is 3. The summed E-state index contributed by atoms with van der Waals surface area (Å²) in [5.41, 5.74) is 1.02. The maximum absolute atomic E-state index is 9.88. The Labute approximate surface area is 103 Å². The molecular formula is C14H24O3. The van der Waals surface area contributed by atoms with Crippen LogP contribution in [0.15, 0.2) is 11.6 Å². The standard InChI is InChI=1S/C14H24O3/c1-8-4-11(6-10(3)15)17-14-5-9(2)13(16)7-12(8)14/h5,8,10-16H,4,6-7H2,1-3H3/t8-,10-,11+,12+,13-,14+/m0/s1. The molecule has 2 N–H and O–H groups in total. The number of ether oxygens (including phenoxy) is 1. The molecule has 0 spiro atoms. The Morgan fingerprint density at radius 2 is 2.18 bits per heavy atom. The number of rotatable bonds is 2. The van der Waals surface area contributed by atoms with Crippen LogP contribution in [0.5, 0.6) is 0 Å². The van der Waals surface area contributed by atoms with E-state index in [1.165, 1.54) is 0 Å². The molecule has 0 aromatic rings. The van der Waals surface area contributed by atoms with Gasteiger partial charge in [-0.3, -0.25) is 0 Å². The van der Waals surface area contributed by atoms with E-state index in [1.54, 1.807) is 0 Å². The van der Waals surface area contributed by atoms with Crippen molar-refractivity contribution in [3.63, 3.8) is 0 Å². The Kier molecular flexibility index (Phi) is 3.91. The highest BCUT2D eigenvalue weighted by atomic mass is 16.5. The first-order chi connectivity index (χ1) is 7.97. The molecule has 6 atom stereocenters. The van der Waals surface area contributed by atoms with E-state index >= 15 is 0 Å². The van der Waals surface area contributed by atoms with Crippen molar-refractivity contribution >= 4 is 0 Å². The second-order valence-corrected chi connectivity index (χ2v) is 5.85. The van der Waals surface area contributed by atoms with E-state index in [0.717, 1.165) is 18.4 Å². The Balaban J connectivity index is 2.07. The first-order valence-electron chi connectivity index (χ1n) is 6.67. The largest absolute Gasteiger partial charge is 0.393 e. The number of fused-ring (bicyclic) bond motifs is 1. The van der Waals surface area contributed by atoms with E-state index in [2.05, 4.69) is 13.0 Å². The molecule has 0 bridgehead atoms. The molecule has 1 saturated heterocycles. The Bertz CT molecular complexity index is 298. The Morgan fingerprint density at radius 1 is 1.47 bits per heavy atom. The van der Waals surface area contributed by atoms with Gasteiger partial charge in [-0.25, -0.2) is 0 Å². The van der Waals surface area contributed by atoms with Gasteiger partial charge in [-0.1, -0.05) is 13.0 Å². The predicted molar refractivity (Wildman–Crippen MR) is 66.6 cm³/mol. The van der Waals surface area contributed by atoms with Gasteiger partial charge in [0.05, 0.1) is 24.4 Å². The van der Waals surface area contributed by atoms with Gasteiger partial charge in [0.2, 0.25) is 0 Å². The molecule has 3 nitrogen and oxygen atoms in total. The summed E-state index contributed by atoms with van der Waals surface area (Å²) in [5.74, 6) is 0.982. The lowest BCUT2D eigenvalue weighted by Gasteiger charge is -2.43. The average Bonchev–Trinajstić information content (AvgIpc) is 2.20. The minimum Gasteiger partial charge on any atom is -0.393 e. The van der Waals surface area contributed by atoms with Gasteiger partial charge in [-0.05, 0) is 50.5 Å². The van der Waals surface area contributed by atoms with E-state index in [-0.39, 0.29) is 24.4 Å². The zero-order chi connectivity index (χ0) is 12.6. The molecule has 1 aliphatic heterocycles. The SMILES string of the molecule is CC1=C[C@H]2O[C@@H](C[C@H](C)O)C[C@H](C)[C@H]2C[C@@H]1O. The van der Waals surface area contributed by atoms with Crippen molar-refractivity contribution in [3.05, 3.63) is 11.6 Å². The van der Waals surface area contributed by atoms with Gasteiger partial charge in [0, 0.05) is 0 Å². The molecule has 2 aliphatic rings. The molecule has 0 saturated carbocycles. The second kappa shape index (κ2) is 5.09. The average molecular weight is 240 g/mol. The van der Waals surface area contributed by atoms with E-state index in [9.17, 15) is 10.2 Å². The van der Waals surface area contributed by atoms with E-state index in [4.69, 9.17) is 4.74 Å². The van der Waals surface area contributed by atoms with Crippen molar-refractivity contribution in [2.24, 2.45) is 11.8 Å². The van der Waals surface area contributed by atoms with Crippen molar-refractivity contribution in [3.8, 4) is 0 Å². The van der Waals surface area contributed by atoms with Crippen LogP contribution in [0.25, 0.3) is 0 Å². The zero-order valence-electron chi connectivity index (χ0n) is 11.0. The summed E-state index contributed by atoms with van der Waals surface area (Å²) in [7, 11) is 0. The molecule has 1 aliphatic carbocycles. The van der Waals surface area contributed by atoms with Crippen LogP contribution in [0.2, 0.25) is 0 Å². The van der Waals surface area contributed by atoms with Gasteiger partial charge in [0.25, 0.3) is 0 Å². The van der Waals surface area contributed by atoms with Crippen molar-refractivity contribution in [2.75, 3.05) is 0 Å². The smallest absolute Gasteiger partial charge is 0.0794 e. The summed E-state index contributed by atoms with van der Waals surface area (Å²) in [4.78, 5) is 0. The predicted octanol–water partition coefficient (Wildman–Crippen LogP) is 1.88. The minimum atomic E-state index is -0.303. The highest BCUT2D eigenvalue weighted by molar-refractivity contribution is 5.15. The summed E-state index contributed by atoms with van der Waals surface area (Å²) < 4.78 is 6.04. The van der Waals surface area contributed by atoms with Crippen molar-refractivity contribution in [1.29, 1.82) is 0 Å². The fraction of sp³-hybridized carbons (Fsp3) is 0.857. The van der Waals surface area contributed by atoms with Gasteiger partial charge in [-0.15, -0.1) is 0 Å². The van der Waals surface area contributed by atoms with Crippen molar-refractivity contribution < 1.29 is 14.9 Å². The quantitative estimate of drug-likeness (QED) is 0.725. The van der Waals surface area contributed by atoms with Gasteiger partial charge in [0.1, 0.15) is 0 Å². The monoisotopic (exact) mass is 240 g/mol. The van der Waals surface area contributed by atoms with Crippen LogP contribution >= 0.6 is 0 Å². The van der Waals surface area contributed by atoms with Crippen LogP contribution < -0.4 is 0 Å². The molecule has 0 radical (unpaired) electrons. The lowest BCUT2D eigenvalue weighted by molar-refractivity contribution is -0.109. The highest BCUT2D eigenvalue weighted by Gasteiger charge is 2.39. The van der Waals surface area contributed by atoms with Crippen LogP contribution in [-0.2, 0) is 4.74 Å². The molecule has 1 fully saturated rings. The molecule has 0 amide bonds. The maximum atomic E-state index is 9.88. The fourth-order valence-electron chi connectivity index (χ4n) is 3.17. The normalized spacial score (nSPS) is 43.8. The summed E-state index contributed by atoms with van der Waals surface area (Å²) in [6.07, 6.45) is 4.28. The van der Waals surface area contributed by atoms with Gasteiger partial charge < -0.3 is 14.9 Å². The summed E-state index contributed by atoms with van der Waals surface area (Å²) in [6.45, 7) is 6.01. The van der Waals surface area contributed by atoms with Crippen LogP contribution in [0.1, 0.15) is 40.0 Å². The van der Waals surface area contributed by atoms with Crippen LogP contribution in [0, 0.1) is 11.8 Å². The molecular weight excluding hydrogens is 216 g/mol. The number of aliphatic hydroxyl groups is 2. The van der Waals surface area contributed by atoms with Crippen molar-refractivity contribution in [2.45, 2.75) is 64.4 Å². The highest BCUT2D eigenvalue weighted by Crippen LogP contribution is 2.39. The zero-order valence-corrected chi connectivity index (χ0v) is 11.0. The van der Waals surface area contributed by atoms with Crippen LogP contribution in [0.4, 0.5) is 0 Å². The number of aliphatic hydroxyl groups excluding tert-OH is 2. The van der Waals surface area contributed by atoms with E-state index in [1.807, 2.05) is 13.8 Å². The summed E-state index contributed by atoms with van der Waals surface area (Å²) in [6, 6.07) is 0. The minimum absolute atomic E-state index is 0.130. The lowest BCUT2D eigenvalue weighted by Crippen LogP contribution is -2.44. The topological polar surface area (TPSA) is 49.7 Å². The molecule has 2 rings (SSSR count). The molecule has 0 unspecified atom stereocenters. The third kappa shape index (κ3) is 2.90. The number of hydrogen-bond donors (Lipinski definition) is 2. The van der Waals surface area contributed by atoms with Gasteiger partial charge in [0.15, 0.2) is 0 Å². The third-order valence-corrected chi connectivity index (χ3v) is 4.19. The van der Waals surface area contributed by atoms with Crippen LogP contribution in [0.3, 0.4) is 0 Å².